The highest BCUT2D eigenvalue weighted by atomic mass is 16.5. The van der Waals surface area contributed by atoms with Crippen molar-refractivity contribution >= 4 is 17.6 Å². The number of carbonyl (C=O) groups is 2. The minimum absolute atomic E-state index is 0.189. The average molecular weight is 351 g/mol. The number of hydrogen-bond acceptors (Lipinski definition) is 6. The molecule has 8 heteroatoms. The summed E-state index contributed by atoms with van der Waals surface area (Å²) in [5, 5.41) is 10.2. The number of benzene rings is 1. The number of rotatable bonds is 5. The van der Waals surface area contributed by atoms with Crippen LogP contribution < -0.4 is 5.32 Å². The molecule has 0 aliphatic rings. The Morgan fingerprint density at radius 3 is 2.38 bits per heavy atom. The van der Waals surface area contributed by atoms with Crippen molar-refractivity contribution in [1.29, 1.82) is 0 Å². The summed E-state index contributed by atoms with van der Waals surface area (Å²) in [6.45, 7) is 3.57. The first-order valence-electron chi connectivity index (χ1n) is 7.97. The third-order valence-electron chi connectivity index (χ3n) is 3.37. The maximum absolute atomic E-state index is 12.4. The van der Waals surface area contributed by atoms with Crippen LogP contribution in [0.4, 0.5) is 5.69 Å². The van der Waals surface area contributed by atoms with Gasteiger partial charge in [-0.3, -0.25) is 9.36 Å². The minimum Gasteiger partial charge on any atom is -0.459 e. The van der Waals surface area contributed by atoms with Crippen LogP contribution in [-0.2, 0) is 4.74 Å². The molecule has 0 atom stereocenters. The monoisotopic (exact) mass is 351 g/mol. The Morgan fingerprint density at radius 1 is 1.04 bits per heavy atom. The molecule has 0 aliphatic heterocycles. The quantitative estimate of drug-likeness (QED) is 0.709. The lowest BCUT2D eigenvalue weighted by Gasteiger charge is -2.09. The van der Waals surface area contributed by atoms with Gasteiger partial charge in [0.25, 0.3) is 5.91 Å². The molecule has 3 rings (SSSR count). The molecule has 3 aromatic rings. The molecule has 2 heterocycles. The number of carbonyl (C=O) groups excluding carboxylic acids is 2. The van der Waals surface area contributed by atoms with Crippen LogP contribution in [0.25, 0.3) is 5.82 Å². The van der Waals surface area contributed by atoms with Crippen molar-refractivity contribution < 1.29 is 14.3 Å². The van der Waals surface area contributed by atoms with Gasteiger partial charge >= 0.3 is 5.97 Å². The van der Waals surface area contributed by atoms with Crippen molar-refractivity contribution in [1.82, 2.24) is 19.7 Å². The topological polar surface area (TPSA) is 99.0 Å². The van der Waals surface area contributed by atoms with Crippen LogP contribution in [0.3, 0.4) is 0 Å². The molecule has 2 aromatic heterocycles. The molecular formula is C18H17N5O3. The van der Waals surface area contributed by atoms with E-state index in [0.717, 1.165) is 0 Å². The lowest BCUT2D eigenvalue weighted by molar-refractivity contribution is 0.0378. The summed E-state index contributed by atoms with van der Waals surface area (Å²) in [4.78, 5) is 28.5. The van der Waals surface area contributed by atoms with Crippen molar-refractivity contribution in [2.45, 2.75) is 20.0 Å². The molecular weight excluding hydrogens is 334 g/mol. The highest BCUT2D eigenvalue weighted by Crippen LogP contribution is 2.13. The van der Waals surface area contributed by atoms with Crippen molar-refractivity contribution in [3.05, 3.63) is 66.4 Å². The second-order valence-electron chi connectivity index (χ2n) is 5.74. The van der Waals surface area contributed by atoms with E-state index in [1.54, 1.807) is 60.9 Å². The third kappa shape index (κ3) is 4.10. The summed E-state index contributed by atoms with van der Waals surface area (Å²) in [5.41, 5.74) is 1.22. The number of aromatic nitrogens is 4. The van der Waals surface area contributed by atoms with Crippen LogP contribution in [0, 0.1) is 0 Å². The van der Waals surface area contributed by atoms with E-state index in [4.69, 9.17) is 4.74 Å². The highest BCUT2D eigenvalue weighted by molar-refractivity contribution is 6.03. The van der Waals surface area contributed by atoms with Gasteiger partial charge in [-0.1, -0.05) is 6.07 Å². The Hall–Kier alpha value is -3.55. The Kier molecular flexibility index (Phi) is 5.02. The fourth-order valence-electron chi connectivity index (χ4n) is 2.18. The fourth-order valence-corrected chi connectivity index (χ4v) is 2.18. The number of pyridine rings is 1. The highest BCUT2D eigenvalue weighted by Gasteiger charge is 2.12. The van der Waals surface area contributed by atoms with Gasteiger partial charge < -0.3 is 10.1 Å². The smallest absolute Gasteiger partial charge is 0.338 e. The molecule has 1 aromatic carbocycles. The molecule has 0 saturated heterocycles. The maximum Gasteiger partial charge on any atom is 0.338 e. The van der Waals surface area contributed by atoms with E-state index in [2.05, 4.69) is 20.5 Å². The van der Waals surface area contributed by atoms with Crippen LogP contribution >= 0.6 is 0 Å². The number of ether oxygens (including phenoxy) is 1. The van der Waals surface area contributed by atoms with E-state index in [-0.39, 0.29) is 17.7 Å². The normalized spacial score (nSPS) is 10.6. The zero-order valence-corrected chi connectivity index (χ0v) is 14.3. The number of hydrogen-bond donors (Lipinski definition) is 1. The molecule has 1 amide bonds. The summed E-state index contributed by atoms with van der Waals surface area (Å²) in [6.07, 6.45) is 2.81. The molecule has 0 radical (unpaired) electrons. The largest absolute Gasteiger partial charge is 0.459 e. The lowest BCUT2D eigenvalue weighted by atomic mass is 10.2. The summed E-state index contributed by atoms with van der Waals surface area (Å²) >= 11 is 0. The van der Waals surface area contributed by atoms with Crippen LogP contribution in [0.2, 0.25) is 0 Å². The van der Waals surface area contributed by atoms with Gasteiger partial charge in [0.05, 0.1) is 11.7 Å². The predicted octanol–water partition coefficient (Wildman–Crippen LogP) is 2.48. The SMILES string of the molecule is CC(C)OC(=O)c1ccc(NC(=O)c2cccc(-n3cnnc3)n2)cc1. The predicted molar refractivity (Wildman–Crippen MR) is 94.1 cm³/mol. The summed E-state index contributed by atoms with van der Waals surface area (Å²) in [5.74, 6) is -0.229. The van der Waals surface area contributed by atoms with Crippen molar-refractivity contribution in [3.8, 4) is 5.82 Å². The van der Waals surface area contributed by atoms with Gasteiger partial charge in [-0.2, -0.15) is 0 Å². The van der Waals surface area contributed by atoms with Crippen LogP contribution in [0.15, 0.2) is 55.1 Å². The van der Waals surface area contributed by atoms with Gasteiger partial charge in [-0.05, 0) is 50.2 Å². The first-order chi connectivity index (χ1) is 12.5. The van der Waals surface area contributed by atoms with Crippen molar-refractivity contribution in [3.63, 3.8) is 0 Å². The Bertz CT molecular complexity index is 905. The fraction of sp³-hybridized carbons (Fsp3) is 0.167. The number of anilines is 1. The molecule has 8 nitrogen and oxygen atoms in total. The van der Waals surface area contributed by atoms with Crippen molar-refractivity contribution in [2.24, 2.45) is 0 Å². The summed E-state index contributed by atoms with van der Waals surface area (Å²) < 4.78 is 6.73. The van der Waals surface area contributed by atoms with E-state index in [1.807, 2.05) is 0 Å². The standard InChI is InChI=1S/C18H17N5O3/c1-12(2)26-18(25)13-6-8-14(9-7-13)21-17(24)15-4-3-5-16(22-15)23-10-19-20-11-23/h3-12H,1-2H3,(H,21,24). The molecule has 26 heavy (non-hydrogen) atoms. The second-order valence-corrected chi connectivity index (χ2v) is 5.74. The van der Waals surface area contributed by atoms with Gasteiger partial charge in [0, 0.05) is 5.69 Å². The number of esters is 1. The molecule has 0 bridgehead atoms. The van der Waals surface area contributed by atoms with Crippen LogP contribution in [0.1, 0.15) is 34.7 Å². The Balaban J connectivity index is 1.70. The molecule has 0 aliphatic carbocycles. The van der Waals surface area contributed by atoms with E-state index in [1.165, 1.54) is 12.7 Å². The molecule has 0 saturated carbocycles. The van der Waals surface area contributed by atoms with Crippen LogP contribution in [-0.4, -0.2) is 37.7 Å². The zero-order valence-electron chi connectivity index (χ0n) is 14.3. The molecule has 132 valence electrons. The maximum atomic E-state index is 12.4. The van der Waals surface area contributed by atoms with Gasteiger partial charge in [-0.15, -0.1) is 10.2 Å². The number of nitrogens with one attached hydrogen (secondary N) is 1. The summed E-state index contributed by atoms with van der Waals surface area (Å²) in [6, 6.07) is 11.6. The Morgan fingerprint density at radius 2 is 1.73 bits per heavy atom. The molecule has 1 N–H and O–H groups in total. The number of amides is 1. The van der Waals surface area contributed by atoms with E-state index >= 15 is 0 Å². The second kappa shape index (κ2) is 7.56. The summed E-state index contributed by atoms with van der Waals surface area (Å²) in [7, 11) is 0. The molecule has 0 fully saturated rings. The van der Waals surface area contributed by atoms with Crippen LogP contribution in [0.5, 0.6) is 0 Å². The molecule has 0 spiro atoms. The van der Waals surface area contributed by atoms with Gasteiger partial charge in [0.15, 0.2) is 0 Å². The van der Waals surface area contributed by atoms with E-state index < -0.39 is 5.97 Å². The minimum atomic E-state index is -0.402. The Labute approximate surface area is 149 Å². The van der Waals surface area contributed by atoms with Gasteiger partial charge in [0.1, 0.15) is 24.2 Å². The first kappa shape index (κ1) is 17.3. The van der Waals surface area contributed by atoms with Gasteiger partial charge in [0.2, 0.25) is 0 Å². The first-order valence-corrected chi connectivity index (χ1v) is 7.97. The van der Waals surface area contributed by atoms with E-state index in [0.29, 0.717) is 17.1 Å². The average Bonchev–Trinajstić information content (AvgIpc) is 3.16. The van der Waals surface area contributed by atoms with E-state index in [9.17, 15) is 9.59 Å². The number of nitrogens with zero attached hydrogens (tertiary/aromatic N) is 4. The zero-order chi connectivity index (χ0) is 18.5. The molecule has 0 unspecified atom stereocenters. The third-order valence-corrected chi connectivity index (χ3v) is 3.37. The lowest BCUT2D eigenvalue weighted by Crippen LogP contribution is -2.15. The van der Waals surface area contributed by atoms with Crippen molar-refractivity contribution in [2.75, 3.05) is 5.32 Å². The van der Waals surface area contributed by atoms with Gasteiger partial charge in [-0.25, -0.2) is 9.78 Å².